The molecule has 0 bridgehead atoms. The van der Waals surface area contributed by atoms with E-state index in [1.807, 2.05) is 6.08 Å². The van der Waals surface area contributed by atoms with Gasteiger partial charge in [-0.05, 0) is 84.3 Å². The number of methoxy groups -OCH3 is 1. The molecule has 11 nitrogen and oxygen atoms in total. The van der Waals surface area contributed by atoms with E-state index in [2.05, 4.69) is 10.4 Å². The largest absolute Gasteiger partial charge is 0.508 e. The van der Waals surface area contributed by atoms with Crippen LogP contribution >= 0.6 is 34.8 Å². The van der Waals surface area contributed by atoms with Gasteiger partial charge in [-0.15, -0.1) is 0 Å². The zero-order chi connectivity index (χ0) is 41.4. The van der Waals surface area contributed by atoms with Crippen LogP contribution in [0.1, 0.15) is 41.0 Å². The Morgan fingerprint density at radius 1 is 0.914 bits per heavy atom. The summed E-state index contributed by atoms with van der Waals surface area (Å²) >= 11 is 19.2. The number of nitrogens with one attached hydrogen (secondary N) is 1. The number of halogens is 6. The van der Waals surface area contributed by atoms with E-state index in [0.717, 1.165) is 5.56 Å². The maximum Gasteiger partial charge on any atom is 0.417 e. The number of fused-ring (bicyclic) bond motifs is 4. The number of phenols is 2. The van der Waals surface area contributed by atoms with Crippen molar-refractivity contribution in [3.63, 3.8) is 0 Å². The van der Waals surface area contributed by atoms with Gasteiger partial charge >= 0.3 is 6.18 Å². The maximum atomic E-state index is 15.4. The van der Waals surface area contributed by atoms with Crippen molar-refractivity contribution in [2.24, 2.45) is 23.7 Å². The van der Waals surface area contributed by atoms with Crippen molar-refractivity contribution < 1.29 is 47.3 Å². The SMILES string of the molecule is COc1cc(C2C3=CCC4C(=O)N(CCc5ccc(O)cc5)C(=O)C4C3CC3C(=O)N(Nc4ncc(C(F)(F)F)cc4Cl)C(=O)C32c2ccc(Cl)cc2)cc(Cl)c1O. The molecule has 0 spiro atoms. The van der Waals surface area contributed by atoms with Gasteiger partial charge in [-0.3, -0.25) is 29.5 Å². The number of amides is 4. The number of phenolic OH excluding ortho intramolecular Hbond substituents is 2. The third-order valence-electron chi connectivity index (χ3n) is 11.8. The molecule has 0 radical (unpaired) electrons. The van der Waals surface area contributed by atoms with E-state index in [1.54, 1.807) is 36.4 Å². The third kappa shape index (κ3) is 6.23. The standard InChI is InChI=1S/C41H32Cl3F3N4O7/c1-58-31-15-20(14-29(43)34(31)53)33-25-10-11-26-32(38(56)50(36(26)54)13-12-19-2-8-24(52)9-3-19)27(25)17-28-37(55)51(39(57)40(28,33)21-4-6-23(42)7-5-21)49-35-30(44)16-22(18-48-35)41(45,46)47/h2-10,14-16,18,26-28,32-33,52-53H,11-13,17H2,1H3,(H,48,49). The van der Waals surface area contributed by atoms with Crippen LogP contribution in [0.3, 0.4) is 0 Å². The number of hydrogen-bond acceptors (Lipinski definition) is 9. The van der Waals surface area contributed by atoms with Crippen LogP contribution in [0.2, 0.25) is 15.1 Å². The fourth-order valence-electron chi connectivity index (χ4n) is 9.26. The molecule has 1 saturated carbocycles. The molecule has 6 unspecified atom stereocenters. The molecule has 4 aromatic rings. The van der Waals surface area contributed by atoms with Crippen molar-refractivity contribution in [2.75, 3.05) is 19.1 Å². The van der Waals surface area contributed by atoms with Crippen molar-refractivity contribution in [1.82, 2.24) is 14.9 Å². The number of ether oxygens (including phenoxy) is 1. The molecule has 17 heteroatoms. The van der Waals surface area contributed by atoms with Crippen LogP contribution in [-0.4, -0.2) is 62.4 Å². The molecule has 3 aromatic carbocycles. The van der Waals surface area contributed by atoms with Gasteiger partial charge in [-0.2, -0.15) is 18.2 Å². The van der Waals surface area contributed by atoms with Crippen LogP contribution in [-0.2, 0) is 37.2 Å². The predicted molar refractivity (Wildman–Crippen MR) is 205 cm³/mol. The summed E-state index contributed by atoms with van der Waals surface area (Å²) in [6.45, 7) is 0.0693. The summed E-state index contributed by atoms with van der Waals surface area (Å²) in [5.41, 5.74) is 1.67. The molecule has 6 atom stereocenters. The highest BCUT2D eigenvalue weighted by Gasteiger charge is 2.70. The maximum absolute atomic E-state index is 15.4. The van der Waals surface area contributed by atoms with Gasteiger partial charge in [0.05, 0.1) is 45.9 Å². The molecule has 2 aliphatic heterocycles. The first kappa shape index (κ1) is 39.5. The molecule has 300 valence electrons. The van der Waals surface area contributed by atoms with E-state index in [0.29, 0.717) is 45.4 Å². The number of imide groups is 2. The molecular weight excluding hydrogens is 824 g/mol. The first-order chi connectivity index (χ1) is 27.6. The fraction of sp³-hybridized carbons (Fsp3) is 0.293. The molecule has 4 aliphatic rings. The van der Waals surface area contributed by atoms with Gasteiger partial charge in [-0.1, -0.05) is 70.7 Å². The highest BCUT2D eigenvalue weighted by atomic mass is 35.5. The van der Waals surface area contributed by atoms with Crippen LogP contribution in [0.5, 0.6) is 17.2 Å². The minimum absolute atomic E-state index is 0.0401. The number of hydrazine groups is 1. The molecule has 3 heterocycles. The number of rotatable bonds is 8. The number of alkyl halides is 3. The van der Waals surface area contributed by atoms with Crippen molar-refractivity contribution in [1.29, 1.82) is 0 Å². The number of pyridine rings is 1. The van der Waals surface area contributed by atoms with Crippen molar-refractivity contribution in [2.45, 2.75) is 36.8 Å². The topological polar surface area (TPSA) is 149 Å². The van der Waals surface area contributed by atoms with Gasteiger partial charge in [0.2, 0.25) is 11.8 Å². The van der Waals surface area contributed by atoms with Crippen LogP contribution < -0.4 is 10.2 Å². The Labute approximate surface area is 343 Å². The molecule has 2 saturated heterocycles. The Hall–Kier alpha value is -5.31. The fourth-order valence-corrected chi connectivity index (χ4v) is 9.82. The lowest BCUT2D eigenvalue weighted by Gasteiger charge is -2.50. The summed E-state index contributed by atoms with van der Waals surface area (Å²) in [4.78, 5) is 63.7. The van der Waals surface area contributed by atoms with E-state index < -0.39 is 75.3 Å². The number of hydrogen-bond donors (Lipinski definition) is 3. The van der Waals surface area contributed by atoms with Gasteiger partial charge in [0.15, 0.2) is 17.3 Å². The van der Waals surface area contributed by atoms with Crippen molar-refractivity contribution in [3.8, 4) is 17.2 Å². The number of benzene rings is 3. The van der Waals surface area contributed by atoms with E-state index in [-0.39, 0.29) is 47.6 Å². The van der Waals surface area contributed by atoms with Crippen LogP contribution in [0, 0.1) is 23.7 Å². The van der Waals surface area contributed by atoms with Crippen LogP contribution in [0.15, 0.2) is 84.6 Å². The first-order valence-corrected chi connectivity index (χ1v) is 19.2. The number of nitrogens with zero attached hydrogens (tertiary/aromatic N) is 3. The zero-order valence-corrected chi connectivity index (χ0v) is 32.5. The summed E-state index contributed by atoms with van der Waals surface area (Å²) in [6, 6.07) is 16.3. The third-order valence-corrected chi connectivity index (χ3v) is 12.6. The van der Waals surface area contributed by atoms with Gasteiger partial charge in [0, 0.05) is 23.7 Å². The molecule has 4 amide bonds. The number of likely N-dealkylation sites (tertiary alicyclic amines) is 1. The lowest BCUT2D eigenvalue weighted by Crippen LogP contribution is -2.53. The minimum atomic E-state index is -4.77. The normalized spacial score (nSPS) is 25.4. The Morgan fingerprint density at radius 3 is 2.28 bits per heavy atom. The Morgan fingerprint density at radius 2 is 1.62 bits per heavy atom. The Bertz CT molecular complexity index is 2410. The molecule has 2 aliphatic carbocycles. The quantitative estimate of drug-likeness (QED) is 0.120. The predicted octanol–water partition coefficient (Wildman–Crippen LogP) is 7.71. The number of aromatic nitrogens is 1. The molecule has 3 fully saturated rings. The van der Waals surface area contributed by atoms with Gasteiger partial charge < -0.3 is 14.9 Å². The average molecular weight is 856 g/mol. The highest BCUT2D eigenvalue weighted by molar-refractivity contribution is 6.33. The molecular formula is C41H32Cl3F3N4O7. The van der Waals surface area contributed by atoms with E-state index >= 15 is 4.79 Å². The zero-order valence-electron chi connectivity index (χ0n) is 30.3. The highest BCUT2D eigenvalue weighted by Crippen LogP contribution is 2.64. The second-order valence-corrected chi connectivity index (χ2v) is 16.0. The summed E-state index contributed by atoms with van der Waals surface area (Å²) < 4.78 is 46.0. The number of anilines is 1. The molecule has 3 N–H and O–H groups in total. The van der Waals surface area contributed by atoms with E-state index in [1.165, 1.54) is 36.3 Å². The molecule has 1 aromatic heterocycles. The number of carbonyl (C=O) groups excluding carboxylic acids is 4. The number of carbonyl (C=O) groups is 4. The summed E-state index contributed by atoms with van der Waals surface area (Å²) in [7, 11) is 1.31. The second-order valence-electron chi connectivity index (χ2n) is 14.7. The molecule has 58 heavy (non-hydrogen) atoms. The monoisotopic (exact) mass is 854 g/mol. The summed E-state index contributed by atoms with van der Waals surface area (Å²) in [5.74, 6) is -7.93. The lowest BCUT2D eigenvalue weighted by molar-refractivity contribution is -0.141. The van der Waals surface area contributed by atoms with Crippen LogP contribution in [0.4, 0.5) is 19.0 Å². The Kier molecular flexibility index (Phi) is 9.88. The van der Waals surface area contributed by atoms with Gasteiger partial charge in [0.1, 0.15) is 5.75 Å². The van der Waals surface area contributed by atoms with Crippen LogP contribution in [0.25, 0.3) is 0 Å². The van der Waals surface area contributed by atoms with Gasteiger partial charge in [-0.25, -0.2) is 4.98 Å². The summed E-state index contributed by atoms with van der Waals surface area (Å²) in [6.07, 6.45) is -2.06. The number of allylic oxidation sites excluding steroid dienone is 2. The first-order valence-electron chi connectivity index (χ1n) is 18.1. The van der Waals surface area contributed by atoms with E-state index in [4.69, 9.17) is 39.5 Å². The van der Waals surface area contributed by atoms with E-state index in [9.17, 15) is 37.8 Å². The molecule has 8 rings (SSSR count). The lowest BCUT2D eigenvalue weighted by atomic mass is 9.49. The smallest absolute Gasteiger partial charge is 0.417 e. The van der Waals surface area contributed by atoms with Crippen molar-refractivity contribution in [3.05, 3.63) is 122 Å². The summed E-state index contributed by atoms with van der Waals surface area (Å²) in [5, 5.41) is 20.9. The van der Waals surface area contributed by atoms with Crippen molar-refractivity contribution >= 4 is 64.2 Å². The minimum Gasteiger partial charge on any atom is -0.508 e. The second kappa shape index (κ2) is 14.5. The Balaban J connectivity index is 1.28. The number of aromatic hydroxyl groups is 2. The average Bonchev–Trinajstić information content (AvgIpc) is 3.56. The van der Waals surface area contributed by atoms with Gasteiger partial charge in [0.25, 0.3) is 11.8 Å².